The van der Waals surface area contributed by atoms with Crippen molar-refractivity contribution in [3.8, 4) is 0 Å². The SMILES string of the molecule is CCCCCCCCCCCCCCCCCCCCCCCCCCCCCCC(O)C(=O)NC(CO)C(O)C(O)CCCCCCCCCCCCCC. The molecule has 0 spiro atoms. The van der Waals surface area contributed by atoms with E-state index in [4.69, 9.17) is 0 Å². The molecule has 5 N–H and O–H groups in total. The topological polar surface area (TPSA) is 110 Å². The largest absolute Gasteiger partial charge is 0.394 e. The molecule has 0 aromatic heterocycles. The van der Waals surface area contributed by atoms with Gasteiger partial charge in [-0.2, -0.15) is 0 Å². The van der Waals surface area contributed by atoms with Crippen LogP contribution in [-0.2, 0) is 4.79 Å². The summed E-state index contributed by atoms with van der Waals surface area (Å²) < 4.78 is 0. The van der Waals surface area contributed by atoms with Crippen LogP contribution >= 0.6 is 0 Å². The summed E-state index contributed by atoms with van der Waals surface area (Å²) in [4.78, 5) is 12.5. The Hall–Kier alpha value is -0.690. The highest BCUT2D eigenvalue weighted by atomic mass is 16.3. The van der Waals surface area contributed by atoms with Crippen molar-refractivity contribution in [2.75, 3.05) is 6.61 Å². The molecule has 56 heavy (non-hydrogen) atoms. The van der Waals surface area contributed by atoms with Gasteiger partial charge < -0.3 is 25.7 Å². The molecule has 0 aliphatic heterocycles. The average Bonchev–Trinajstić information content (AvgIpc) is 3.20. The molecule has 4 atom stereocenters. The zero-order valence-corrected chi connectivity index (χ0v) is 37.9. The molecular weight excluding hydrogens is 695 g/mol. The van der Waals surface area contributed by atoms with Gasteiger partial charge in [-0.3, -0.25) is 4.79 Å². The highest BCUT2D eigenvalue weighted by Gasteiger charge is 2.28. The predicted octanol–water partition coefficient (Wildman–Crippen LogP) is 14.0. The van der Waals surface area contributed by atoms with E-state index in [1.54, 1.807) is 0 Å². The molecule has 0 bridgehead atoms. The lowest BCUT2D eigenvalue weighted by molar-refractivity contribution is -0.132. The fraction of sp³-hybridized carbons (Fsp3) is 0.980. The Morgan fingerprint density at radius 3 is 0.857 bits per heavy atom. The summed E-state index contributed by atoms with van der Waals surface area (Å²) in [6.45, 7) is 4.07. The van der Waals surface area contributed by atoms with Crippen molar-refractivity contribution < 1.29 is 25.2 Å². The molecule has 0 aliphatic rings. The quantitative estimate of drug-likeness (QED) is 0.0394. The van der Waals surface area contributed by atoms with Gasteiger partial charge in [0, 0.05) is 0 Å². The predicted molar refractivity (Wildman–Crippen MR) is 242 cm³/mol. The van der Waals surface area contributed by atoms with E-state index in [1.165, 1.54) is 218 Å². The minimum absolute atomic E-state index is 0.376. The molecule has 336 valence electrons. The van der Waals surface area contributed by atoms with Gasteiger partial charge in [0.2, 0.25) is 5.91 Å². The average molecular weight is 796 g/mol. The van der Waals surface area contributed by atoms with E-state index in [0.717, 1.165) is 38.5 Å². The Morgan fingerprint density at radius 2 is 0.607 bits per heavy atom. The van der Waals surface area contributed by atoms with Crippen LogP contribution in [-0.4, -0.2) is 57.3 Å². The van der Waals surface area contributed by atoms with Crippen LogP contribution in [0, 0.1) is 0 Å². The standard InChI is InChI=1S/C50H101NO5/c1-3-5-7-9-11-13-15-17-18-19-20-21-22-23-24-25-26-27-28-29-30-31-32-34-36-38-40-42-44-48(54)50(56)51-46(45-52)49(55)47(53)43-41-39-37-35-33-16-14-12-10-8-6-4-2/h46-49,52-55H,3-45H2,1-2H3,(H,51,56). The van der Waals surface area contributed by atoms with E-state index >= 15 is 0 Å². The number of rotatable bonds is 47. The zero-order chi connectivity index (χ0) is 41.0. The first-order valence-corrected chi connectivity index (χ1v) is 25.4. The summed E-state index contributed by atoms with van der Waals surface area (Å²) in [5, 5.41) is 43.7. The Bertz CT molecular complexity index is 766. The molecule has 0 radical (unpaired) electrons. The number of carbonyl (C=O) groups is 1. The van der Waals surface area contributed by atoms with Gasteiger partial charge in [0.1, 0.15) is 12.2 Å². The van der Waals surface area contributed by atoms with Gasteiger partial charge in [0.25, 0.3) is 0 Å². The lowest BCUT2D eigenvalue weighted by Gasteiger charge is -2.27. The van der Waals surface area contributed by atoms with E-state index < -0.39 is 36.9 Å². The number of nitrogens with one attached hydrogen (secondary N) is 1. The summed E-state index contributed by atoms with van der Waals surface area (Å²) in [6.07, 6.45) is 50.2. The van der Waals surface area contributed by atoms with Crippen molar-refractivity contribution in [1.29, 1.82) is 0 Å². The van der Waals surface area contributed by atoms with Crippen LogP contribution in [0.15, 0.2) is 0 Å². The maximum Gasteiger partial charge on any atom is 0.249 e. The number of carbonyl (C=O) groups excluding carboxylic acids is 1. The molecule has 1 amide bonds. The lowest BCUT2D eigenvalue weighted by atomic mass is 9.99. The molecule has 0 rings (SSSR count). The van der Waals surface area contributed by atoms with E-state index in [1.807, 2.05) is 0 Å². The number of hydrogen-bond donors (Lipinski definition) is 5. The summed E-state index contributed by atoms with van der Waals surface area (Å²) in [6, 6.07) is -0.979. The molecule has 0 heterocycles. The Balaban J connectivity index is 3.55. The second kappa shape index (κ2) is 45.4. The smallest absolute Gasteiger partial charge is 0.249 e. The summed E-state index contributed by atoms with van der Waals surface area (Å²) in [5.74, 6) is -0.578. The van der Waals surface area contributed by atoms with Gasteiger partial charge >= 0.3 is 0 Å². The molecule has 0 fully saturated rings. The van der Waals surface area contributed by atoms with Gasteiger partial charge in [0.05, 0.1) is 18.8 Å². The van der Waals surface area contributed by atoms with Crippen molar-refractivity contribution in [2.45, 2.75) is 308 Å². The summed E-state index contributed by atoms with van der Waals surface area (Å²) in [5.41, 5.74) is 0. The van der Waals surface area contributed by atoms with Gasteiger partial charge in [-0.1, -0.05) is 271 Å². The van der Waals surface area contributed by atoms with Crippen molar-refractivity contribution in [3.05, 3.63) is 0 Å². The van der Waals surface area contributed by atoms with Crippen LogP contribution in [0.2, 0.25) is 0 Å². The minimum Gasteiger partial charge on any atom is -0.394 e. The first-order chi connectivity index (χ1) is 27.5. The third-order valence-electron chi connectivity index (χ3n) is 12.3. The van der Waals surface area contributed by atoms with E-state index in [-0.39, 0.29) is 0 Å². The Labute approximate surface area is 350 Å². The fourth-order valence-corrected chi connectivity index (χ4v) is 8.29. The molecule has 0 aliphatic carbocycles. The van der Waals surface area contributed by atoms with E-state index in [9.17, 15) is 25.2 Å². The van der Waals surface area contributed by atoms with E-state index in [0.29, 0.717) is 12.8 Å². The second-order valence-electron chi connectivity index (χ2n) is 17.9. The molecule has 0 aromatic rings. The summed E-state index contributed by atoms with van der Waals surface area (Å²) in [7, 11) is 0. The van der Waals surface area contributed by atoms with Gasteiger partial charge in [0.15, 0.2) is 0 Å². The number of hydrogen-bond acceptors (Lipinski definition) is 5. The van der Waals surface area contributed by atoms with Crippen molar-refractivity contribution in [2.24, 2.45) is 0 Å². The second-order valence-corrected chi connectivity index (χ2v) is 17.9. The van der Waals surface area contributed by atoms with Crippen molar-refractivity contribution in [3.63, 3.8) is 0 Å². The number of amides is 1. The number of unbranched alkanes of at least 4 members (excludes halogenated alkanes) is 38. The molecule has 0 aromatic carbocycles. The van der Waals surface area contributed by atoms with Crippen LogP contribution in [0.1, 0.15) is 284 Å². The highest BCUT2D eigenvalue weighted by molar-refractivity contribution is 5.80. The van der Waals surface area contributed by atoms with Crippen molar-refractivity contribution >= 4 is 5.91 Å². The molecular formula is C50H101NO5. The van der Waals surface area contributed by atoms with Crippen LogP contribution in [0.3, 0.4) is 0 Å². The van der Waals surface area contributed by atoms with Crippen molar-refractivity contribution in [1.82, 2.24) is 5.32 Å². The maximum absolute atomic E-state index is 12.5. The number of aliphatic hydroxyl groups excluding tert-OH is 4. The van der Waals surface area contributed by atoms with Crippen LogP contribution in [0.5, 0.6) is 0 Å². The maximum atomic E-state index is 12.5. The lowest BCUT2D eigenvalue weighted by Crippen LogP contribution is -2.53. The Kier molecular flexibility index (Phi) is 44.8. The Morgan fingerprint density at radius 1 is 0.375 bits per heavy atom. The summed E-state index contributed by atoms with van der Waals surface area (Å²) >= 11 is 0. The normalized spacial score (nSPS) is 13.9. The van der Waals surface area contributed by atoms with Crippen LogP contribution in [0.25, 0.3) is 0 Å². The van der Waals surface area contributed by atoms with Gasteiger partial charge in [-0.15, -0.1) is 0 Å². The first-order valence-electron chi connectivity index (χ1n) is 25.4. The zero-order valence-electron chi connectivity index (χ0n) is 37.9. The van der Waals surface area contributed by atoms with Crippen LogP contribution < -0.4 is 5.32 Å². The van der Waals surface area contributed by atoms with Gasteiger partial charge in [-0.05, 0) is 12.8 Å². The highest BCUT2D eigenvalue weighted by Crippen LogP contribution is 2.18. The fourth-order valence-electron chi connectivity index (χ4n) is 8.29. The third-order valence-corrected chi connectivity index (χ3v) is 12.3. The monoisotopic (exact) mass is 796 g/mol. The molecule has 6 heteroatoms. The minimum atomic E-state index is -1.25. The molecule has 0 saturated heterocycles. The first kappa shape index (κ1) is 55.3. The number of aliphatic hydroxyl groups is 4. The molecule has 6 nitrogen and oxygen atoms in total. The molecule has 4 unspecified atom stereocenters. The van der Waals surface area contributed by atoms with Gasteiger partial charge in [-0.25, -0.2) is 0 Å². The third kappa shape index (κ3) is 38.8. The van der Waals surface area contributed by atoms with E-state index in [2.05, 4.69) is 19.2 Å². The van der Waals surface area contributed by atoms with Crippen LogP contribution in [0.4, 0.5) is 0 Å². The molecule has 0 saturated carbocycles.